The summed E-state index contributed by atoms with van der Waals surface area (Å²) < 4.78 is 7.18. The molecule has 0 spiro atoms. The van der Waals surface area contributed by atoms with Crippen LogP contribution in [0.3, 0.4) is 0 Å². The molecule has 1 aromatic heterocycles. The van der Waals surface area contributed by atoms with Crippen LogP contribution in [0.2, 0.25) is 0 Å². The summed E-state index contributed by atoms with van der Waals surface area (Å²) >= 11 is 0. The fourth-order valence-corrected chi connectivity index (χ4v) is 2.27. The first-order valence-corrected chi connectivity index (χ1v) is 5.64. The van der Waals surface area contributed by atoms with Crippen LogP contribution >= 0.6 is 0 Å². The minimum absolute atomic E-state index is 0.297. The van der Waals surface area contributed by atoms with Gasteiger partial charge in [-0.2, -0.15) is 5.10 Å². The van der Waals surface area contributed by atoms with E-state index in [1.54, 1.807) is 19.4 Å². The largest absolute Gasteiger partial charge is 0.510 e. The van der Waals surface area contributed by atoms with Gasteiger partial charge in [-0.1, -0.05) is 0 Å². The molecule has 0 saturated heterocycles. The van der Waals surface area contributed by atoms with E-state index in [9.17, 15) is 0 Å². The summed E-state index contributed by atoms with van der Waals surface area (Å²) in [5.41, 5.74) is 0.305. The lowest BCUT2D eigenvalue weighted by molar-refractivity contribution is 0.0509. The summed E-state index contributed by atoms with van der Waals surface area (Å²) in [6.07, 6.45) is 6.34. The van der Waals surface area contributed by atoms with E-state index in [1.165, 1.54) is 0 Å². The Morgan fingerprint density at radius 3 is 2.94 bits per heavy atom. The summed E-state index contributed by atoms with van der Waals surface area (Å²) in [6, 6.07) is 1.95. The molecule has 1 aliphatic carbocycles. The summed E-state index contributed by atoms with van der Waals surface area (Å²) in [5, 5.41) is 22.1. The molecule has 88 valence electrons. The number of nitrogens with zero attached hydrogens (tertiary/aromatic N) is 2. The van der Waals surface area contributed by atoms with E-state index in [1.807, 2.05) is 4.68 Å². The van der Waals surface area contributed by atoms with Crippen molar-refractivity contribution in [1.82, 2.24) is 9.78 Å². The van der Waals surface area contributed by atoms with Gasteiger partial charge in [-0.05, 0) is 31.7 Å². The monoisotopic (exact) mass is 224 g/mol. The zero-order chi connectivity index (χ0) is 11.5. The van der Waals surface area contributed by atoms with E-state index in [0.717, 1.165) is 25.7 Å². The Hall–Kier alpha value is -0.845. The van der Waals surface area contributed by atoms with Gasteiger partial charge in [0.15, 0.2) is 0 Å². The molecule has 1 aliphatic rings. The highest BCUT2D eigenvalue weighted by Crippen LogP contribution is 2.28. The Labute approximate surface area is 95.2 Å². The van der Waals surface area contributed by atoms with E-state index < -0.39 is 7.12 Å². The second-order valence-electron chi connectivity index (χ2n) is 4.27. The molecule has 6 heteroatoms. The molecule has 5 nitrogen and oxygen atoms in total. The molecule has 1 heterocycles. The van der Waals surface area contributed by atoms with Crippen molar-refractivity contribution in [2.75, 3.05) is 7.11 Å². The van der Waals surface area contributed by atoms with Gasteiger partial charge in [-0.3, -0.25) is 4.68 Å². The van der Waals surface area contributed by atoms with Crippen LogP contribution < -0.4 is 5.59 Å². The normalized spacial score (nSPS) is 25.7. The van der Waals surface area contributed by atoms with Crippen LogP contribution in [0.5, 0.6) is 0 Å². The van der Waals surface area contributed by atoms with Crippen molar-refractivity contribution in [3.8, 4) is 0 Å². The maximum Gasteiger partial charge on any atom is 0.510 e. The van der Waals surface area contributed by atoms with Crippen LogP contribution in [0.1, 0.15) is 31.7 Å². The lowest BCUT2D eigenvalue weighted by Crippen LogP contribution is -2.32. The maximum atomic E-state index is 8.99. The number of hydrogen-bond acceptors (Lipinski definition) is 4. The average molecular weight is 224 g/mol. The standard InChI is InChI=1S/C10H17BN2O3/c1-16-9-4-2-3-8(7-9)13-6-5-10(12-13)11(14)15/h5-6,8-9,14-15H,2-4,7H2,1H3. The Balaban J connectivity index is 2.05. The lowest BCUT2D eigenvalue weighted by Gasteiger charge is -2.28. The van der Waals surface area contributed by atoms with E-state index in [4.69, 9.17) is 14.8 Å². The molecule has 2 unspecified atom stereocenters. The predicted octanol–water partition coefficient (Wildman–Crippen LogP) is -0.307. The third-order valence-corrected chi connectivity index (χ3v) is 3.20. The van der Waals surface area contributed by atoms with Crippen LogP contribution in [0, 0.1) is 0 Å². The molecule has 16 heavy (non-hydrogen) atoms. The van der Waals surface area contributed by atoms with E-state index >= 15 is 0 Å². The first-order chi connectivity index (χ1) is 7.70. The highest BCUT2D eigenvalue weighted by atomic mass is 16.5. The highest BCUT2D eigenvalue weighted by molar-refractivity contribution is 6.57. The van der Waals surface area contributed by atoms with E-state index in [-0.39, 0.29) is 0 Å². The Morgan fingerprint density at radius 1 is 1.50 bits per heavy atom. The molecule has 0 aromatic carbocycles. The third kappa shape index (κ3) is 2.45. The van der Waals surface area contributed by atoms with Gasteiger partial charge in [0.2, 0.25) is 0 Å². The first kappa shape index (κ1) is 11.6. The quantitative estimate of drug-likeness (QED) is 0.691. The summed E-state index contributed by atoms with van der Waals surface area (Å²) in [6.45, 7) is 0. The third-order valence-electron chi connectivity index (χ3n) is 3.20. The first-order valence-electron chi connectivity index (χ1n) is 5.64. The van der Waals surface area contributed by atoms with Crippen molar-refractivity contribution in [2.45, 2.75) is 37.8 Å². The van der Waals surface area contributed by atoms with Crippen molar-refractivity contribution < 1.29 is 14.8 Å². The Bertz CT molecular complexity index is 343. The number of hydrogen-bond donors (Lipinski definition) is 2. The van der Waals surface area contributed by atoms with Crippen LogP contribution in [0.4, 0.5) is 0 Å². The van der Waals surface area contributed by atoms with Gasteiger partial charge in [0.1, 0.15) is 0 Å². The van der Waals surface area contributed by atoms with Crippen LogP contribution in [-0.4, -0.2) is 40.2 Å². The molecule has 0 aliphatic heterocycles. The number of rotatable bonds is 3. The van der Waals surface area contributed by atoms with Crippen LogP contribution in [0.25, 0.3) is 0 Å². The maximum absolute atomic E-state index is 8.99. The Kier molecular flexibility index (Phi) is 3.63. The fourth-order valence-electron chi connectivity index (χ4n) is 2.27. The van der Waals surface area contributed by atoms with Crippen LogP contribution in [-0.2, 0) is 4.74 Å². The van der Waals surface area contributed by atoms with Gasteiger partial charge in [0.05, 0.1) is 17.7 Å². The summed E-state index contributed by atoms with van der Waals surface area (Å²) in [7, 11) is 0.252. The molecule has 2 atom stereocenters. The van der Waals surface area contributed by atoms with Gasteiger partial charge in [-0.15, -0.1) is 0 Å². The van der Waals surface area contributed by atoms with Crippen molar-refractivity contribution in [1.29, 1.82) is 0 Å². The number of aromatic nitrogens is 2. The van der Waals surface area contributed by atoms with Gasteiger partial charge in [0.25, 0.3) is 0 Å². The van der Waals surface area contributed by atoms with Gasteiger partial charge < -0.3 is 14.8 Å². The number of ether oxygens (including phenoxy) is 1. The zero-order valence-electron chi connectivity index (χ0n) is 9.41. The molecule has 1 fully saturated rings. The molecule has 2 rings (SSSR count). The van der Waals surface area contributed by atoms with Crippen molar-refractivity contribution in [3.05, 3.63) is 12.3 Å². The van der Waals surface area contributed by atoms with Crippen molar-refractivity contribution in [2.24, 2.45) is 0 Å². The van der Waals surface area contributed by atoms with E-state index in [0.29, 0.717) is 17.7 Å². The minimum Gasteiger partial charge on any atom is -0.422 e. The van der Waals surface area contributed by atoms with Gasteiger partial charge in [-0.25, -0.2) is 0 Å². The van der Waals surface area contributed by atoms with Crippen LogP contribution in [0.15, 0.2) is 12.3 Å². The molecular formula is C10H17BN2O3. The summed E-state index contributed by atoms with van der Waals surface area (Å²) in [5.74, 6) is 0. The molecule has 1 saturated carbocycles. The second kappa shape index (κ2) is 4.99. The topological polar surface area (TPSA) is 67.5 Å². The average Bonchev–Trinajstić information content (AvgIpc) is 2.78. The Morgan fingerprint density at radius 2 is 2.31 bits per heavy atom. The van der Waals surface area contributed by atoms with Crippen molar-refractivity contribution >= 4 is 12.7 Å². The molecule has 1 aromatic rings. The predicted molar refractivity (Wildman–Crippen MR) is 60.4 cm³/mol. The SMILES string of the molecule is COC1CCCC(n2ccc(B(O)O)n2)C1. The van der Waals surface area contributed by atoms with Gasteiger partial charge >= 0.3 is 7.12 Å². The van der Waals surface area contributed by atoms with E-state index in [2.05, 4.69) is 5.10 Å². The van der Waals surface area contributed by atoms with Gasteiger partial charge in [0, 0.05) is 13.3 Å². The molecule has 0 bridgehead atoms. The molecular weight excluding hydrogens is 207 g/mol. The lowest BCUT2D eigenvalue weighted by atomic mass is 9.87. The zero-order valence-corrected chi connectivity index (χ0v) is 9.41. The smallest absolute Gasteiger partial charge is 0.422 e. The summed E-state index contributed by atoms with van der Waals surface area (Å²) in [4.78, 5) is 0. The van der Waals surface area contributed by atoms with Crippen molar-refractivity contribution in [3.63, 3.8) is 0 Å². The highest BCUT2D eigenvalue weighted by Gasteiger charge is 2.24. The second-order valence-corrected chi connectivity index (χ2v) is 4.27. The minimum atomic E-state index is -1.48. The fraction of sp³-hybridized carbons (Fsp3) is 0.700. The molecule has 0 radical (unpaired) electrons. The molecule has 0 amide bonds. The molecule has 2 N–H and O–H groups in total. The number of methoxy groups -OCH3 is 1.